The molecule has 9 heteroatoms. The first-order valence-electron chi connectivity index (χ1n) is 5.32. The van der Waals surface area contributed by atoms with E-state index in [1.54, 1.807) is 29.1 Å². The van der Waals surface area contributed by atoms with Crippen molar-refractivity contribution in [2.24, 2.45) is 0 Å². The number of nitrogens with zero attached hydrogens (tertiary/aromatic N) is 1. The molecule has 1 aromatic heterocycles. The molecule has 20 heavy (non-hydrogen) atoms. The van der Waals surface area contributed by atoms with Crippen LogP contribution in [0.15, 0.2) is 41.4 Å². The molecule has 108 valence electrons. The Kier molecular flexibility index (Phi) is 6.63. The van der Waals surface area contributed by atoms with Crippen LogP contribution in [-0.2, 0) is 12.4 Å². The Morgan fingerprint density at radius 2 is 2.15 bits per heavy atom. The van der Waals surface area contributed by atoms with Crippen LogP contribution in [0, 0.1) is 0 Å². The molecule has 2 rings (SSSR count). The van der Waals surface area contributed by atoms with E-state index in [0.29, 0.717) is 0 Å². The van der Waals surface area contributed by atoms with Crippen LogP contribution in [0.4, 0.5) is 5.69 Å². The SMILES string of the molecule is CC(=O)Nc1ccccc1[As](=O)(O)OO.c1cscn1. The molecular formula is C11H13AsN2O5S. The van der Waals surface area contributed by atoms with Gasteiger partial charge in [0, 0.05) is 11.6 Å². The summed E-state index contributed by atoms with van der Waals surface area (Å²) in [5.41, 5.74) is 1.95. The number of carbonyl (C=O) groups is 1. The second-order valence-electron chi connectivity index (χ2n) is 3.48. The standard InChI is InChI=1S/C8H10AsNO5.C3H3NS/c1-6(11)10-8-5-3-2-4-7(8)9(12,13)15-14;1-2-5-3-4-1/h2-5,14H,1H3,(H,10,11)(H,12,13);1-3H. The van der Waals surface area contributed by atoms with E-state index in [1.807, 2.05) is 5.38 Å². The Hall–Kier alpha value is -1.44. The van der Waals surface area contributed by atoms with Crippen LogP contribution in [0.2, 0.25) is 0 Å². The maximum absolute atomic E-state index is 11.4. The molecule has 0 radical (unpaired) electrons. The fourth-order valence-electron chi connectivity index (χ4n) is 1.24. The molecule has 0 saturated heterocycles. The Morgan fingerprint density at radius 1 is 1.45 bits per heavy atom. The van der Waals surface area contributed by atoms with Crippen molar-refractivity contribution in [3.63, 3.8) is 0 Å². The molecule has 1 aromatic carbocycles. The number of para-hydroxylation sites is 1. The summed E-state index contributed by atoms with van der Waals surface area (Å²) in [7, 11) is 0. The number of anilines is 1. The van der Waals surface area contributed by atoms with Crippen LogP contribution in [0.1, 0.15) is 6.92 Å². The number of carbonyl (C=O) groups excluding carboxylic acids is 1. The van der Waals surface area contributed by atoms with Gasteiger partial charge < -0.3 is 0 Å². The Morgan fingerprint density at radius 3 is 2.60 bits per heavy atom. The summed E-state index contributed by atoms with van der Waals surface area (Å²) in [6.45, 7) is 1.27. The van der Waals surface area contributed by atoms with Gasteiger partial charge in [0.2, 0.25) is 0 Å². The van der Waals surface area contributed by atoms with E-state index in [2.05, 4.69) is 14.2 Å². The number of amides is 1. The van der Waals surface area contributed by atoms with E-state index >= 15 is 0 Å². The van der Waals surface area contributed by atoms with Crippen molar-refractivity contribution in [2.45, 2.75) is 6.92 Å². The van der Waals surface area contributed by atoms with Gasteiger partial charge >= 0.3 is 88.4 Å². The molecule has 3 N–H and O–H groups in total. The third kappa shape index (κ3) is 5.28. The average Bonchev–Trinajstić information content (AvgIpc) is 2.97. The summed E-state index contributed by atoms with van der Waals surface area (Å²) in [6, 6.07) is 5.84. The summed E-state index contributed by atoms with van der Waals surface area (Å²) >= 11 is -3.32. The van der Waals surface area contributed by atoms with Gasteiger partial charge in [-0.25, -0.2) is 0 Å². The van der Waals surface area contributed by atoms with Crippen molar-refractivity contribution in [3.8, 4) is 0 Å². The van der Waals surface area contributed by atoms with Crippen molar-refractivity contribution in [3.05, 3.63) is 41.4 Å². The Bertz CT molecular complexity index is 573. The van der Waals surface area contributed by atoms with Crippen molar-refractivity contribution in [2.75, 3.05) is 5.32 Å². The van der Waals surface area contributed by atoms with Crippen LogP contribution < -0.4 is 9.67 Å². The van der Waals surface area contributed by atoms with Gasteiger partial charge in [0.1, 0.15) is 0 Å². The van der Waals surface area contributed by atoms with E-state index in [4.69, 9.17) is 5.26 Å². The first kappa shape index (κ1) is 16.6. The number of aromatic nitrogens is 1. The molecule has 0 saturated carbocycles. The summed E-state index contributed by atoms with van der Waals surface area (Å²) in [6.07, 6.45) is 1.77. The van der Waals surface area contributed by atoms with Crippen LogP contribution >= 0.6 is 11.3 Å². The summed E-state index contributed by atoms with van der Waals surface area (Å²) in [5.74, 6) is -0.379. The molecule has 0 aliphatic rings. The quantitative estimate of drug-likeness (QED) is 0.425. The van der Waals surface area contributed by atoms with Crippen LogP contribution in [-0.4, -0.2) is 34.4 Å². The van der Waals surface area contributed by atoms with E-state index < -0.39 is 14.2 Å². The van der Waals surface area contributed by atoms with Gasteiger partial charge in [-0.2, -0.15) is 0 Å². The molecule has 0 aliphatic carbocycles. The third-order valence-corrected chi connectivity index (χ3v) is 5.06. The molecule has 2 aromatic rings. The zero-order valence-corrected chi connectivity index (χ0v) is 13.2. The molecule has 0 aliphatic heterocycles. The molecule has 0 bridgehead atoms. The average molecular weight is 360 g/mol. The molecule has 7 nitrogen and oxygen atoms in total. The summed E-state index contributed by atoms with van der Waals surface area (Å²) in [5, 5.41) is 12.6. The molecule has 1 atom stereocenters. The number of benzene rings is 1. The zero-order chi connectivity index (χ0) is 15.0. The van der Waals surface area contributed by atoms with Gasteiger partial charge in [-0.05, 0) is 0 Å². The normalized spacial score (nSPS) is 12.8. The van der Waals surface area contributed by atoms with Gasteiger partial charge in [-0.3, -0.25) is 4.98 Å². The van der Waals surface area contributed by atoms with Crippen LogP contribution in [0.5, 0.6) is 0 Å². The maximum atomic E-state index is 11.4. The summed E-state index contributed by atoms with van der Waals surface area (Å²) in [4.78, 5) is 14.5. The van der Waals surface area contributed by atoms with Crippen molar-refractivity contribution < 1.29 is 21.8 Å². The van der Waals surface area contributed by atoms with Gasteiger partial charge in [0.05, 0.1) is 5.51 Å². The minimum atomic E-state index is -4.92. The first-order valence-corrected chi connectivity index (χ1v) is 9.58. The van der Waals surface area contributed by atoms with Crippen molar-refractivity contribution in [1.29, 1.82) is 0 Å². The smallest absolute Gasteiger partial charge is 0.0791 e. The number of hydrogen-bond donors (Lipinski definition) is 3. The second kappa shape index (κ2) is 7.98. The largest absolute Gasteiger partial charge is 0.253 e. The summed E-state index contributed by atoms with van der Waals surface area (Å²) < 4.78 is 24.1. The fourth-order valence-corrected chi connectivity index (χ4v) is 3.26. The Labute approximate surface area is 122 Å². The van der Waals surface area contributed by atoms with Gasteiger partial charge in [0.15, 0.2) is 0 Å². The number of thiazole rings is 1. The maximum Gasteiger partial charge on any atom is 0.0791 e. The topological polar surface area (TPSA) is 109 Å². The molecule has 1 unspecified atom stereocenters. The van der Waals surface area contributed by atoms with E-state index in [9.17, 15) is 12.6 Å². The molecule has 0 spiro atoms. The first-order chi connectivity index (χ1) is 9.47. The predicted octanol–water partition coefficient (Wildman–Crippen LogP) is 0.846. The minimum absolute atomic E-state index is 0.103. The Balaban J connectivity index is 0.000000333. The van der Waals surface area contributed by atoms with Gasteiger partial charge in [0.25, 0.3) is 0 Å². The second-order valence-corrected chi connectivity index (χ2v) is 7.77. The van der Waals surface area contributed by atoms with Crippen molar-refractivity contribution >= 4 is 41.5 Å². The molecular weight excluding hydrogens is 347 g/mol. The number of hydrogen-bond acceptors (Lipinski definition) is 6. The van der Waals surface area contributed by atoms with E-state index in [1.165, 1.54) is 25.1 Å². The van der Waals surface area contributed by atoms with Crippen molar-refractivity contribution in [1.82, 2.24) is 4.98 Å². The van der Waals surface area contributed by atoms with Gasteiger partial charge in [-0.15, -0.1) is 11.3 Å². The number of nitrogens with one attached hydrogen (secondary N) is 1. The van der Waals surface area contributed by atoms with E-state index in [-0.39, 0.29) is 15.9 Å². The van der Waals surface area contributed by atoms with Gasteiger partial charge in [-0.1, -0.05) is 0 Å². The number of rotatable bonds is 3. The minimum Gasteiger partial charge on any atom is -0.253 e. The fraction of sp³-hybridized carbons (Fsp3) is 0.0909. The molecule has 1 heterocycles. The van der Waals surface area contributed by atoms with E-state index in [0.717, 1.165) is 0 Å². The third-order valence-electron chi connectivity index (χ3n) is 1.98. The monoisotopic (exact) mass is 360 g/mol. The van der Waals surface area contributed by atoms with Crippen LogP contribution in [0.25, 0.3) is 0 Å². The predicted molar refractivity (Wildman–Crippen MR) is 74.9 cm³/mol. The molecule has 0 fully saturated rings. The van der Waals surface area contributed by atoms with Crippen LogP contribution in [0.3, 0.4) is 0 Å². The zero-order valence-electron chi connectivity index (χ0n) is 10.5. The molecule has 1 amide bonds.